The zero-order valence-corrected chi connectivity index (χ0v) is 9.09. The van der Waals surface area contributed by atoms with Crippen LogP contribution in [-0.4, -0.2) is 50.7 Å². The average molecular weight is 208 g/mol. The fraction of sp³-hybridized carbons (Fsp3) is 1.00. The van der Waals surface area contributed by atoms with Crippen molar-refractivity contribution in [2.75, 3.05) is 33.9 Å². The maximum Gasteiger partial charge on any atom is 0.192 e. The number of quaternary nitrogens is 1. The van der Waals surface area contributed by atoms with Crippen LogP contribution in [0.5, 0.6) is 0 Å². The molecule has 2 fully saturated rings. The van der Waals surface area contributed by atoms with Gasteiger partial charge >= 0.3 is 0 Å². The van der Waals surface area contributed by atoms with E-state index in [9.17, 15) is 0 Å². The third-order valence-electron chi connectivity index (χ3n) is 2.76. The third kappa shape index (κ3) is 2.81. The van der Waals surface area contributed by atoms with Gasteiger partial charge in [0.05, 0.1) is 27.3 Å². The molecule has 3 nitrogen and oxygen atoms in total. The van der Waals surface area contributed by atoms with E-state index < -0.39 is 0 Å². The van der Waals surface area contributed by atoms with E-state index >= 15 is 0 Å². The zero-order valence-electron chi connectivity index (χ0n) is 8.33. The highest BCUT2D eigenvalue weighted by molar-refractivity contribution is 4.69. The highest BCUT2D eigenvalue weighted by Crippen LogP contribution is 2.23. The van der Waals surface area contributed by atoms with Gasteiger partial charge in [0, 0.05) is 6.42 Å². The fourth-order valence-corrected chi connectivity index (χ4v) is 1.93. The molecule has 4 heteroatoms. The van der Waals surface area contributed by atoms with Crippen LogP contribution < -0.4 is 12.4 Å². The van der Waals surface area contributed by atoms with E-state index in [4.69, 9.17) is 9.47 Å². The average Bonchev–Trinajstić information content (AvgIpc) is 2.67. The summed E-state index contributed by atoms with van der Waals surface area (Å²) in [4.78, 5) is 0. The first kappa shape index (κ1) is 11.2. The lowest BCUT2D eigenvalue weighted by Gasteiger charge is -2.34. The van der Waals surface area contributed by atoms with Crippen LogP contribution in [0.2, 0.25) is 0 Å². The minimum Gasteiger partial charge on any atom is -1.00 e. The Labute approximate surface area is 86.0 Å². The van der Waals surface area contributed by atoms with Crippen molar-refractivity contribution in [1.82, 2.24) is 0 Å². The highest BCUT2D eigenvalue weighted by atomic mass is 35.5. The summed E-state index contributed by atoms with van der Waals surface area (Å²) >= 11 is 0. The minimum atomic E-state index is 0. The van der Waals surface area contributed by atoms with Crippen molar-refractivity contribution in [3.05, 3.63) is 0 Å². The van der Waals surface area contributed by atoms with E-state index in [1.807, 2.05) is 0 Å². The molecule has 0 bridgehead atoms. The summed E-state index contributed by atoms with van der Waals surface area (Å²) in [6, 6.07) is 0. The van der Waals surface area contributed by atoms with Crippen LogP contribution in [0.25, 0.3) is 0 Å². The Morgan fingerprint density at radius 2 is 2.00 bits per heavy atom. The standard InChI is InChI=1S/C9H18NO2.ClH/c1-10(2,6-8-7-12-8)9-4-3-5-11-9;/h8-9H,3-7H2,1-2H3;1H/q+1;/p-1. The number of hydrogen-bond acceptors (Lipinski definition) is 2. The fourth-order valence-electron chi connectivity index (χ4n) is 1.93. The van der Waals surface area contributed by atoms with Gasteiger partial charge < -0.3 is 26.4 Å². The molecule has 2 aliphatic heterocycles. The van der Waals surface area contributed by atoms with Gasteiger partial charge in [0.15, 0.2) is 6.23 Å². The van der Waals surface area contributed by atoms with Gasteiger partial charge in [0.1, 0.15) is 12.6 Å². The zero-order chi connectivity index (χ0) is 8.60. The van der Waals surface area contributed by atoms with Crippen molar-refractivity contribution in [2.24, 2.45) is 0 Å². The van der Waals surface area contributed by atoms with E-state index in [1.165, 1.54) is 12.8 Å². The molecule has 0 spiro atoms. The molecule has 0 amide bonds. The topological polar surface area (TPSA) is 21.8 Å². The predicted molar refractivity (Wildman–Crippen MR) is 45.7 cm³/mol. The summed E-state index contributed by atoms with van der Waals surface area (Å²) in [5.41, 5.74) is 0. The number of likely N-dealkylation sites (N-methyl/N-ethyl adjacent to an activating group) is 1. The Bertz CT molecular complexity index is 165. The minimum absolute atomic E-state index is 0. The van der Waals surface area contributed by atoms with Crippen molar-refractivity contribution >= 4 is 0 Å². The molecule has 2 heterocycles. The van der Waals surface area contributed by atoms with Crippen LogP contribution in [0.15, 0.2) is 0 Å². The van der Waals surface area contributed by atoms with E-state index in [0.717, 1.165) is 24.2 Å². The van der Waals surface area contributed by atoms with Gasteiger partial charge in [0.25, 0.3) is 0 Å². The van der Waals surface area contributed by atoms with E-state index in [1.54, 1.807) is 0 Å². The summed E-state index contributed by atoms with van der Waals surface area (Å²) in [5, 5.41) is 0. The number of hydrogen-bond donors (Lipinski definition) is 0. The number of epoxide rings is 1. The van der Waals surface area contributed by atoms with Crippen LogP contribution in [0.4, 0.5) is 0 Å². The second-order valence-corrected chi connectivity index (χ2v) is 4.38. The molecular formula is C9H18ClNO2. The molecule has 78 valence electrons. The first-order valence-electron chi connectivity index (χ1n) is 4.74. The molecule has 0 aromatic rings. The van der Waals surface area contributed by atoms with E-state index in [0.29, 0.717) is 12.3 Å². The summed E-state index contributed by atoms with van der Waals surface area (Å²) in [5.74, 6) is 0. The van der Waals surface area contributed by atoms with Crippen LogP contribution in [0.1, 0.15) is 12.8 Å². The summed E-state index contributed by atoms with van der Waals surface area (Å²) in [6.45, 7) is 3.00. The lowest BCUT2D eigenvalue weighted by molar-refractivity contribution is -0.935. The Balaban J connectivity index is 0.000000845. The lowest BCUT2D eigenvalue weighted by Crippen LogP contribution is -3.00. The molecule has 0 aliphatic carbocycles. The van der Waals surface area contributed by atoms with Gasteiger partial charge in [-0.3, -0.25) is 0 Å². The summed E-state index contributed by atoms with van der Waals surface area (Å²) in [7, 11) is 4.47. The van der Waals surface area contributed by atoms with Gasteiger partial charge in [-0.1, -0.05) is 0 Å². The van der Waals surface area contributed by atoms with Gasteiger partial charge in [0.2, 0.25) is 0 Å². The predicted octanol–water partition coefficient (Wildman–Crippen LogP) is -2.40. The molecule has 0 saturated carbocycles. The Morgan fingerprint density at radius 3 is 2.46 bits per heavy atom. The molecule has 13 heavy (non-hydrogen) atoms. The Morgan fingerprint density at radius 1 is 1.31 bits per heavy atom. The van der Waals surface area contributed by atoms with Gasteiger partial charge in [-0.25, -0.2) is 0 Å². The molecule has 0 N–H and O–H groups in total. The second-order valence-electron chi connectivity index (χ2n) is 4.38. The number of ether oxygens (including phenoxy) is 2. The monoisotopic (exact) mass is 207 g/mol. The molecular weight excluding hydrogens is 190 g/mol. The normalized spacial score (nSPS) is 32.8. The largest absolute Gasteiger partial charge is 1.00 e. The highest BCUT2D eigenvalue weighted by Gasteiger charge is 2.38. The quantitative estimate of drug-likeness (QED) is 0.380. The van der Waals surface area contributed by atoms with Crippen molar-refractivity contribution in [3.63, 3.8) is 0 Å². The molecule has 0 aromatic carbocycles. The second kappa shape index (κ2) is 4.13. The van der Waals surface area contributed by atoms with Gasteiger partial charge in [-0.15, -0.1) is 0 Å². The van der Waals surface area contributed by atoms with Gasteiger partial charge in [-0.05, 0) is 6.42 Å². The van der Waals surface area contributed by atoms with E-state index in [2.05, 4.69) is 14.1 Å². The molecule has 2 aliphatic rings. The molecule has 2 unspecified atom stereocenters. The van der Waals surface area contributed by atoms with Crippen LogP contribution in [0, 0.1) is 0 Å². The number of nitrogens with zero attached hydrogens (tertiary/aromatic N) is 1. The Hall–Kier alpha value is 0.170. The smallest absolute Gasteiger partial charge is 0.192 e. The number of halogens is 1. The molecule has 0 radical (unpaired) electrons. The van der Waals surface area contributed by atoms with Gasteiger partial charge in [-0.2, -0.15) is 0 Å². The molecule has 0 aromatic heterocycles. The van der Waals surface area contributed by atoms with Crippen LogP contribution in [-0.2, 0) is 9.47 Å². The van der Waals surface area contributed by atoms with Crippen molar-refractivity contribution in [2.45, 2.75) is 25.2 Å². The van der Waals surface area contributed by atoms with Crippen molar-refractivity contribution in [1.29, 1.82) is 0 Å². The molecule has 2 saturated heterocycles. The lowest BCUT2D eigenvalue weighted by atomic mass is 10.2. The molecule has 2 rings (SSSR count). The third-order valence-corrected chi connectivity index (χ3v) is 2.76. The van der Waals surface area contributed by atoms with Crippen molar-refractivity contribution in [3.8, 4) is 0 Å². The first-order chi connectivity index (χ1) is 5.68. The maximum absolute atomic E-state index is 5.66. The van der Waals surface area contributed by atoms with E-state index in [-0.39, 0.29) is 12.4 Å². The Kier molecular flexibility index (Phi) is 3.57. The van der Waals surface area contributed by atoms with Crippen molar-refractivity contribution < 1.29 is 26.4 Å². The number of rotatable bonds is 3. The van der Waals surface area contributed by atoms with Crippen LogP contribution in [0.3, 0.4) is 0 Å². The van der Waals surface area contributed by atoms with Crippen LogP contribution >= 0.6 is 0 Å². The molecule has 2 atom stereocenters. The first-order valence-corrected chi connectivity index (χ1v) is 4.74. The summed E-state index contributed by atoms with van der Waals surface area (Å²) < 4.78 is 11.9. The SMILES string of the molecule is C[N+](C)(CC1CO1)C1CCCO1.[Cl-]. The maximum atomic E-state index is 5.66. The summed E-state index contributed by atoms with van der Waals surface area (Å²) in [6.07, 6.45) is 3.34.